The summed E-state index contributed by atoms with van der Waals surface area (Å²) in [6.07, 6.45) is 0.212. The molecule has 1 fully saturated rings. The molecule has 1 aliphatic heterocycles. The van der Waals surface area contributed by atoms with Gasteiger partial charge >= 0.3 is 0 Å². The van der Waals surface area contributed by atoms with E-state index in [1.807, 2.05) is 30.3 Å². The Bertz CT molecular complexity index is 683. The van der Waals surface area contributed by atoms with Gasteiger partial charge in [-0.25, -0.2) is 0 Å². The van der Waals surface area contributed by atoms with Crippen LogP contribution in [0.5, 0.6) is 0 Å². The van der Waals surface area contributed by atoms with Crippen molar-refractivity contribution in [2.24, 2.45) is 5.92 Å². The number of anilines is 1. The fourth-order valence-electron chi connectivity index (χ4n) is 2.46. The molecule has 0 bridgehead atoms. The zero-order valence-electron chi connectivity index (χ0n) is 12.2. The van der Waals surface area contributed by atoms with Gasteiger partial charge in [0, 0.05) is 18.7 Å². The third-order valence-electron chi connectivity index (χ3n) is 3.55. The average Bonchev–Trinajstić information content (AvgIpc) is 3.12. The molecule has 0 spiro atoms. The largest absolute Gasteiger partial charge is 0.347 e. The summed E-state index contributed by atoms with van der Waals surface area (Å²) in [5, 5.41) is 6.39. The van der Waals surface area contributed by atoms with Gasteiger partial charge in [-0.2, -0.15) is 4.98 Å². The first-order chi connectivity index (χ1) is 10.6. The Morgan fingerprint density at radius 2 is 2.18 bits per heavy atom. The molecule has 0 saturated carbocycles. The number of amides is 2. The quantitative estimate of drug-likeness (QED) is 0.911. The number of carbonyl (C=O) groups is 2. The molecule has 2 amide bonds. The van der Waals surface area contributed by atoms with Gasteiger partial charge in [0.05, 0.1) is 12.5 Å². The lowest BCUT2D eigenvalue weighted by molar-refractivity contribution is -0.126. The maximum Gasteiger partial charge on any atom is 0.246 e. The van der Waals surface area contributed by atoms with Crippen LogP contribution in [0.25, 0.3) is 0 Å². The zero-order chi connectivity index (χ0) is 15.5. The Morgan fingerprint density at radius 1 is 1.41 bits per heavy atom. The van der Waals surface area contributed by atoms with Crippen LogP contribution in [-0.2, 0) is 16.1 Å². The van der Waals surface area contributed by atoms with Crippen molar-refractivity contribution in [3.8, 4) is 0 Å². The normalized spacial score (nSPS) is 17.8. The van der Waals surface area contributed by atoms with Crippen LogP contribution in [0, 0.1) is 12.8 Å². The van der Waals surface area contributed by atoms with E-state index < -0.39 is 0 Å². The summed E-state index contributed by atoms with van der Waals surface area (Å²) in [5.74, 6) is 0.296. The van der Waals surface area contributed by atoms with Crippen molar-refractivity contribution in [1.82, 2.24) is 15.5 Å². The van der Waals surface area contributed by atoms with E-state index in [0.717, 1.165) is 5.69 Å². The second kappa shape index (κ2) is 5.97. The molecule has 22 heavy (non-hydrogen) atoms. The molecule has 1 saturated heterocycles. The summed E-state index contributed by atoms with van der Waals surface area (Å²) >= 11 is 0. The molecule has 3 rings (SSSR count). The molecular weight excluding hydrogens is 284 g/mol. The van der Waals surface area contributed by atoms with Crippen LogP contribution >= 0.6 is 0 Å². The molecule has 7 heteroatoms. The van der Waals surface area contributed by atoms with Crippen LogP contribution in [0.4, 0.5) is 5.69 Å². The van der Waals surface area contributed by atoms with Gasteiger partial charge in [-0.05, 0) is 19.1 Å². The number of nitrogens with one attached hydrogen (secondary N) is 1. The second-order valence-electron chi connectivity index (χ2n) is 5.19. The number of aryl methyl sites for hydroxylation is 1. The molecule has 1 atom stereocenters. The Kier molecular flexibility index (Phi) is 3.86. The maximum absolute atomic E-state index is 12.2. The molecule has 0 unspecified atom stereocenters. The predicted molar refractivity (Wildman–Crippen MR) is 77.8 cm³/mol. The minimum atomic E-state index is -0.364. The summed E-state index contributed by atoms with van der Waals surface area (Å²) < 4.78 is 4.94. The van der Waals surface area contributed by atoms with Crippen molar-refractivity contribution in [2.75, 3.05) is 11.4 Å². The number of para-hydroxylation sites is 1. The third kappa shape index (κ3) is 2.98. The van der Waals surface area contributed by atoms with E-state index in [9.17, 15) is 9.59 Å². The first-order valence-corrected chi connectivity index (χ1v) is 7.06. The summed E-state index contributed by atoms with van der Waals surface area (Å²) in [6.45, 7) is 2.27. The Balaban J connectivity index is 1.59. The van der Waals surface area contributed by atoms with Gasteiger partial charge in [0.1, 0.15) is 0 Å². The fourth-order valence-corrected chi connectivity index (χ4v) is 2.46. The highest BCUT2D eigenvalue weighted by atomic mass is 16.5. The maximum atomic E-state index is 12.2. The van der Waals surface area contributed by atoms with Crippen molar-refractivity contribution in [3.05, 3.63) is 42.0 Å². The Hall–Kier alpha value is -2.70. The SMILES string of the molecule is Cc1noc(CNC(=O)[C@@H]2CC(=O)N(c3ccccc3)C2)n1. The highest BCUT2D eigenvalue weighted by Crippen LogP contribution is 2.24. The van der Waals surface area contributed by atoms with Gasteiger partial charge in [0.15, 0.2) is 5.82 Å². The van der Waals surface area contributed by atoms with Crippen molar-refractivity contribution in [1.29, 1.82) is 0 Å². The summed E-state index contributed by atoms with van der Waals surface area (Å²) in [5.41, 5.74) is 0.815. The van der Waals surface area contributed by atoms with Gasteiger partial charge in [-0.1, -0.05) is 23.4 Å². The van der Waals surface area contributed by atoms with Crippen LogP contribution in [0.3, 0.4) is 0 Å². The molecule has 2 aromatic rings. The van der Waals surface area contributed by atoms with E-state index in [-0.39, 0.29) is 30.7 Å². The minimum absolute atomic E-state index is 0.0417. The van der Waals surface area contributed by atoms with E-state index in [1.165, 1.54) is 0 Å². The number of rotatable bonds is 4. The zero-order valence-corrected chi connectivity index (χ0v) is 12.2. The number of hydrogen-bond acceptors (Lipinski definition) is 5. The van der Waals surface area contributed by atoms with Crippen molar-refractivity contribution < 1.29 is 14.1 Å². The topological polar surface area (TPSA) is 88.3 Å². The first kappa shape index (κ1) is 14.2. The van der Waals surface area contributed by atoms with Crippen molar-refractivity contribution in [3.63, 3.8) is 0 Å². The molecule has 7 nitrogen and oxygen atoms in total. The van der Waals surface area contributed by atoms with Gasteiger partial charge in [-0.15, -0.1) is 0 Å². The first-order valence-electron chi connectivity index (χ1n) is 7.06. The molecule has 1 N–H and O–H groups in total. The summed E-state index contributed by atoms with van der Waals surface area (Å²) in [7, 11) is 0. The molecule has 1 aromatic carbocycles. The molecule has 1 aliphatic rings. The summed E-state index contributed by atoms with van der Waals surface area (Å²) in [4.78, 5) is 29.9. The molecule has 0 aliphatic carbocycles. The molecule has 1 aromatic heterocycles. The van der Waals surface area contributed by atoms with Gasteiger partial charge in [0.25, 0.3) is 0 Å². The lowest BCUT2D eigenvalue weighted by Gasteiger charge is -2.16. The second-order valence-corrected chi connectivity index (χ2v) is 5.19. The van der Waals surface area contributed by atoms with Gasteiger partial charge in [0.2, 0.25) is 17.7 Å². The summed E-state index contributed by atoms with van der Waals surface area (Å²) in [6, 6.07) is 9.35. The van der Waals surface area contributed by atoms with E-state index >= 15 is 0 Å². The van der Waals surface area contributed by atoms with Crippen LogP contribution < -0.4 is 10.2 Å². The van der Waals surface area contributed by atoms with Crippen molar-refractivity contribution in [2.45, 2.75) is 19.9 Å². The molecule has 114 valence electrons. The number of carbonyl (C=O) groups excluding carboxylic acids is 2. The third-order valence-corrected chi connectivity index (χ3v) is 3.55. The van der Waals surface area contributed by atoms with Gasteiger partial charge in [-0.3, -0.25) is 9.59 Å². The van der Waals surface area contributed by atoms with E-state index in [4.69, 9.17) is 4.52 Å². The lowest BCUT2D eigenvalue weighted by Crippen LogP contribution is -2.32. The monoisotopic (exact) mass is 300 g/mol. The van der Waals surface area contributed by atoms with E-state index in [0.29, 0.717) is 18.3 Å². The van der Waals surface area contributed by atoms with E-state index in [2.05, 4.69) is 15.5 Å². The van der Waals surface area contributed by atoms with E-state index in [1.54, 1.807) is 11.8 Å². The highest BCUT2D eigenvalue weighted by Gasteiger charge is 2.35. The smallest absolute Gasteiger partial charge is 0.246 e. The molecule has 2 heterocycles. The molecular formula is C15H16N4O3. The number of nitrogens with zero attached hydrogens (tertiary/aromatic N) is 3. The number of aromatic nitrogens is 2. The average molecular weight is 300 g/mol. The fraction of sp³-hybridized carbons (Fsp3) is 0.333. The Morgan fingerprint density at radius 3 is 2.86 bits per heavy atom. The van der Waals surface area contributed by atoms with Crippen LogP contribution in [0.1, 0.15) is 18.1 Å². The number of benzene rings is 1. The predicted octanol–water partition coefficient (Wildman–Crippen LogP) is 1.05. The lowest BCUT2D eigenvalue weighted by atomic mass is 10.1. The van der Waals surface area contributed by atoms with Crippen LogP contribution in [-0.4, -0.2) is 28.5 Å². The highest BCUT2D eigenvalue weighted by molar-refractivity contribution is 6.00. The number of hydrogen-bond donors (Lipinski definition) is 1. The van der Waals surface area contributed by atoms with Gasteiger partial charge < -0.3 is 14.7 Å². The van der Waals surface area contributed by atoms with Crippen molar-refractivity contribution >= 4 is 17.5 Å². The Labute approximate surface area is 127 Å². The van der Waals surface area contributed by atoms with Crippen LogP contribution in [0.15, 0.2) is 34.9 Å². The molecule has 0 radical (unpaired) electrons. The standard InChI is InChI=1S/C15H16N4O3/c1-10-17-13(22-18-10)8-16-15(21)11-7-14(20)19(9-11)12-5-3-2-4-6-12/h2-6,11H,7-9H2,1H3,(H,16,21)/t11-/m1/s1. The minimum Gasteiger partial charge on any atom is -0.347 e. The van der Waals surface area contributed by atoms with Crippen LogP contribution in [0.2, 0.25) is 0 Å².